The highest BCUT2D eigenvalue weighted by atomic mass is 16.5. The largest absolute Gasteiger partial charge is 0.465 e. The van der Waals surface area contributed by atoms with Crippen LogP contribution in [0.4, 0.5) is 11.4 Å². The van der Waals surface area contributed by atoms with Crippen LogP contribution in [0.15, 0.2) is 18.2 Å². The number of para-hydroxylation sites is 1. The normalized spacial score (nSPS) is 11.0. The van der Waals surface area contributed by atoms with E-state index in [9.17, 15) is 4.79 Å². The van der Waals surface area contributed by atoms with Crippen LogP contribution < -0.4 is 11.1 Å². The Morgan fingerprint density at radius 2 is 2.10 bits per heavy atom. The number of hydrogen-bond acceptors (Lipinski definition) is 5. The zero-order chi connectivity index (χ0) is 15.8. The molecule has 0 radical (unpaired) electrons. The quantitative estimate of drug-likeness (QED) is 0.438. The second kappa shape index (κ2) is 8.52. The Bertz CT molecular complexity index is 461. The summed E-state index contributed by atoms with van der Waals surface area (Å²) in [4.78, 5) is 14.0. The third kappa shape index (κ3) is 5.27. The van der Waals surface area contributed by atoms with Crippen molar-refractivity contribution < 1.29 is 9.53 Å². The van der Waals surface area contributed by atoms with Crippen LogP contribution in [0.3, 0.4) is 0 Å². The molecule has 0 aliphatic rings. The molecule has 0 saturated heterocycles. The van der Waals surface area contributed by atoms with E-state index >= 15 is 0 Å². The topological polar surface area (TPSA) is 67.6 Å². The molecule has 3 N–H and O–H groups in total. The summed E-state index contributed by atoms with van der Waals surface area (Å²) in [6.07, 6.45) is 2.12. The van der Waals surface area contributed by atoms with Gasteiger partial charge in [0.25, 0.3) is 0 Å². The first-order chi connectivity index (χ1) is 9.97. The zero-order valence-corrected chi connectivity index (χ0v) is 13.5. The second-order valence-corrected chi connectivity index (χ2v) is 5.47. The second-order valence-electron chi connectivity index (χ2n) is 5.47. The van der Waals surface area contributed by atoms with Gasteiger partial charge in [-0.2, -0.15) is 0 Å². The van der Waals surface area contributed by atoms with E-state index in [-0.39, 0.29) is 5.97 Å². The molecule has 0 fully saturated rings. The summed E-state index contributed by atoms with van der Waals surface area (Å²) in [7, 11) is 3.50. The van der Waals surface area contributed by atoms with E-state index in [2.05, 4.69) is 31.1 Å². The first kappa shape index (κ1) is 17.3. The number of ether oxygens (including phenoxy) is 1. The average molecular weight is 293 g/mol. The van der Waals surface area contributed by atoms with E-state index in [1.165, 1.54) is 7.11 Å². The lowest BCUT2D eigenvalue weighted by Gasteiger charge is -2.20. The molecular formula is C16H27N3O2. The van der Waals surface area contributed by atoms with Crippen molar-refractivity contribution in [3.8, 4) is 0 Å². The van der Waals surface area contributed by atoms with Gasteiger partial charge >= 0.3 is 5.97 Å². The number of benzene rings is 1. The van der Waals surface area contributed by atoms with Crippen molar-refractivity contribution in [1.82, 2.24) is 4.90 Å². The van der Waals surface area contributed by atoms with Crippen molar-refractivity contribution in [1.29, 1.82) is 0 Å². The lowest BCUT2D eigenvalue weighted by atomic mass is 10.1. The molecule has 5 heteroatoms. The van der Waals surface area contributed by atoms with Gasteiger partial charge in [-0.3, -0.25) is 0 Å². The molecule has 0 heterocycles. The van der Waals surface area contributed by atoms with Crippen LogP contribution in [-0.2, 0) is 4.74 Å². The highest BCUT2D eigenvalue weighted by Gasteiger charge is 2.13. The van der Waals surface area contributed by atoms with Gasteiger partial charge in [-0.05, 0) is 52.4 Å². The van der Waals surface area contributed by atoms with Crippen LogP contribution in [0, 0.1) is 0 Å². The van der Waals surface area contributed by atoms with Gasteiger partial charge in [0.1, 0.15) is 0 Å². The van der Waals surface area contributed by atoms with Gasteiger partial charge in [-0.1, -0.05) is 6.07 Å². The van der Waals surface area contributed by atoms with Gasteiger partial charge in [-0.15, -0.1) is 0 Å². The van der Waals surface area contributed by atoms with Gasteiger partial charge in [0.05, 0.1) is 24.0 Å². The predicted molar refractivity (Wildman–Crippen MR) is 87.7 cm³/mol. The third-order valence-corrected chi connectivity index (χ3v) is 3.62. The Morgan fingerprint density at radius 3 is 2.71 bits per heavy atom. The molecule has 21 heavy (non-hydrogen) atoms. The first-order valence-electron chi connectivity index (χ1n) is 7.38. The van der Waals surface area contributed by atoms with Gasteiger partial charge in [0.2, 0.25) is 0 Å². The number of carbonyl (C=O) groups is 1. The van der Waals surface area contributed by atoms with E-state index in [1.54, 1.807) is 18.2 Å². The number of nitrogen functional groups attached to an aromatic ring is 1. The minimum Gasteiger partial charge on any atom is -0.465 e. The Balaban J connectivity index is 2.50. The number of nitrogens with two attached hydrogens (primary N) is 1. The molecule has 1 rings (SSSR count). The number of nitrogens with zero attached hydrogens (tertiary/aromatic N) is 1. The Labute approximate surface area is 127 Å². The molecule has 5 nitrogen and oxygen atoms in total. The fourth-order valence-electron chi connectivity index (χ4n) is 2.01. The molecule has 0 unspecified atom stereocenters. The molecule has 0 aliphatic carbocycles. The van der Waals surface area contributed by atoms with E-state index < -0.39 is 0 Å². The Hall–Kier alpha value is -1.75. The number of carbonyl (C=O) groups excluding carboxylic acids is 1. The van der Waals surface area contributed by atoms with Crippen LogP contribution in [0.1, 0.15) is 37.0 Å². The number of nitrogens with one attached hydrogen (secondary N) is 1. The molecular weight excluding hydrogens is 266 g/mol. The molecule has 0 spiro atoms. The highest BCUT2D eigenvalue weighted by Crippen LogP contribution is 2.24. The Kier molecular flexibility index (Phi) is 7.02. The fourth-order valence-corrected chi connectivity index (χ4v) is 2.01. The van der Waals surface area contributed by atoms with Crippen LogP contribution in [-0.4, -0.2) is 44.2 Å². The van der Waals surface area contributed by atoms with Gasteiger partial charge in [-0.25, -0.2) is 4.79 Å². The average Bonchev–Trinajstić information content (AvgIpc) is 2.46. The van der Waals surface area contributed by atoms with Gasteiger partial charge < -0.3 is 20.7 Å². The number of hydrogen-bond donors (Lipinski definition) is 2. The predicted octanol–water partition coefficient (Wildman–Crippen LogP) is 2.59. The minimum atomic E-state index is -0.371. The van der Waals surface area contributed by atoms with Crippen molar-refractivity contribution in [2.24, 2.45) is 0 Å². The Morgan fingerprint density at radius 1 is 1.38 bits per heavy atom. The third-order valence-electron chi connectivity index (χ3n) is 3.62. The summed E-state index contributed by atoms with van der Waals surface area (Å²) < 4.78 is 4.78. The van der Waals surface area contributed by atoms with Crippen LogP contribution in [0.2, 0.25) is 0 Å². The summed E-state index contributed by atoms with van der Waals surface area (Å²) >= 11 is 0. The number of esters is 1. The summed E-state index contributed by atoms with van der Waals surface area (Å²) in [6.45, 7) is 6.22. The molecule has 0 aromatic heterocycles. The molecule has 1 aromatic carbocycles. The summed E-state index contributed by atoms with van der Waals surface area (Å²) in [5.74, 6) is -0.371. The smallest absolute Gasteiger partial charge is 0.340 e. The molecule has 0 saturated carbocycles. The van der Waals surface area contributed by atoms with E-state index in [0.717, 1.165) is 25.9 Å². The minimum absolute atomic E-state index is 0.371. The molecule has 118 valence electrons. The van der Waals surface area contributed by atoms with Crippen molar-refractivity contribution in [3.63, 3.8) is 0 Å². The molecule has 0 atom stereocenters. The van der Waals surface area contributed by atoms with Gasteiger partial charge in [0, 0.05) is 12.6 Å². The SMILES string of the molecule is COC(=O)c1cccc(N)c1NCCCCN(C)C(C)C. The van der Waals surface area contributed by atoms with E-state index in [4.69, 9.17) is 10.5 Å². The maximum Gasteiger partial charge on any atom is 0.340 e. The number of anilines is 2. The number of methoxy groups -OCH3 is 1. The van der Waals surface area contributed by atoms with Crippen molar-refractivity contribution in [3.05, 3.63) is 23.8 Å². The van der Waals surface area contributed by atoms with Gasteiger partial charge in [0.15, 0.2) is 0 Å². The van der Waals surface area contributed by atoms with Crippen molar-refractivity contribution >= 4 is 17.3 Å². The number of unbranched alkanes of at least 4 members (excludes halogenated alkanes) is 1. The summed E-state index contributed by atoms with van der Waals surface area (Å²) in [5.41, 5.74) is 7.66. The molecule has 1 aromatic rings. The van der Waals surface area contributed by atoms with Crippen LogP contribution in [0.5, 0.6) is 0 Å². The highest BCUT2D eigenvalue weighted by molar-refractivity contribution is 5.98. The maximum absolute atomic E-state index is 11.7. The van der Waals surface area contributed by atoms with E-state index in [0.29, 0.717) is 23.0 Å². The fraction of sp³-hybridized carbons (Fsp3) is 0.562. The number of rotatable bonds is 8. The lowest BCUT2D eigenvalue weighted by molar-refractivity contribution is 0.0602. The van der Waals surface area contributed by atoms with Crippen molar-refractivity contribution in [2.45, 2.75) is 32.7 Å². The van der Waals surface area contributed by atoms with E-state index in [1.807, 2.05) is 0 Å². The van der Waals surface area contributed by atoms with Crippen LogP contribution in [0.25, 0.3) is 0 Å². The maximum atomic E-state index is 11.7. The zero-order valence-electron chi connectivity index (χ0n) is 13.5. The van der Waals surface area contributed by atoms with Crippen LogP contribution >= 0.6 is 0 Å². The summed E-state index contributed by atoms with van der Waals surface area (Å²) in [5, 5.41) is 3.26. The lowest BCUT2D eigenvalue weighted by Crippen LogP contribution is -2.27. The first-order valence-corrected chi connectivity index (χ1v) is 7.38. The molecule has 0 bridgehead atoms. The van der Waals surface area contributed by atoms with Crippen molar-refractivity contribution in [2.75, 3.05) is 38.3 Å². The summed E-state index contributed by atoms with van der Waals surface area (Å²) in [6, 6.07) is 5.82. The molecule has 0 aliphatic heterocycles. The molecule has 0 amide bonds. The monoisotopic (exact) mass is 293 g/mol. The standard InChI is InChI=1S/C16H27N3O2/c1-12(2)19(3)11-6-5-10-18-15-13(16(20)21-4)8-7-9-14(15)17/h7-9,12,18H,5-6,10-11,17H2,1-4H3.